The maximum Gasteiger partial charge on any atom is 0.257 e. The summed E-state index contributed by atoms with van der Waals surface area (Å²) in [7, 11) is 1.61. The van der Waals surface area contributed by atoms with Crippen molar-refractivity contribution in [1.29, 1.82) is 5.26 Å². The Morgan fingerprint density at radius 3 is 2.95 bits per heavy atom. The maximum atomic E-state index is 11.4. The lowest BCUT2D eigenvalue weighted by Crippen LogP contribution is -2.30. The van der Waals surface area contributed by atoms with Crippen LogP contribution in [0.2, 0.25) is 5.02 Å². The van der Waals surface area contributed by atoms with Crippen molar-refractivity contribution in [3.05, 3.63) is 28.8 Å². The molecule has 0 aliphatic rings. The Hall–Kier alpha value is -1.77. The predicted octanol–water partition coefficient (Wildman–Crippen LogP) is 1.74. The molecule has 102 valence electrons. The first-order valence-electron chi connectivity index (χ1n) is 5.75. The number of ether oxygens (including phenoxy) is 2. The molecule has 0 unspecified atom stereocenters. The third-order valence-corrected chi connectivity index (χ3v) is 2.59. The zero-order chi connectivity index (χ0) is 14.1. The molecule has 0 bridgehead atoms. The molecule has 0 aromatic heterocycles. The van der Waals surface area contributed by atoms with Gasteiger partial charge in [0.15, 0.2) is 6.61 Å². The summed E-state index contributed by atoms with van der Waals surface area (Å²) < 4.78 is 10.1. The molecule has 1 aromatic rings. The molecule has 0 aliphatic heterocycles. The Morgan fingerprint density at radius 1 is 1.53 bits per heavy atom. The number of hydrogen-bond donors (Lipinski definition) is 1. The fourth-order valence-corrected chi connectivity index (χ4v) is 1.53. The zero-order valence-corrected chi connectivity index (χ0v) is 11.4. The van der Waals surface area contributed by atoms with Gasteiger partial charge in [-0.25, -0.2) is 0 Å². The first kappa shape index (κ1) is 15.3. The minimum atomic E-state index is -0.211. The second-order valence-corrected chi connectivity index (χ2v) is 4.15. The number of amides is 1. The van der Waals surface area contributed by atoms with E-state index in [0.29, 0.717) is 29.5 Å². The van der Waals surface area contributed by atoms with Crippen molar-refractivity contribution < 1.29 is 14.3 Å². The fraction of sp³-hybridized carbons (Fsp3) is 0.385. The highest BCUT2D eigenvalue weighted by molar-refractivity contribution is 6.31. The summed E-state index contributed by atoms with van der Waals surface area (Å²) in [4.78, 5) is 11.4. The lowest BCUT2D eigenvalue weighted by atomic mass is 10.2. The number of rotatable bonds is 7. The van der Waals surface area contributed by atoms with Crippen LogP contribution in [0.1, 0.15) is 12.0 Å². The SMILES string of the molecule is COCCCNC(=O)COc1ccc(C#N)c(Cl)c1. The number of carbonyl (C=O) groups is 1. The minimum Gasteiger partial charge on any atom is -0.484 e. The van der Waals surface area contributed by atoms with E-state index in [-0.39, 0.29) is 12.5 Å². The molecule has 6 heteroatoms. The Bertz CT molecular complexity index is 471. The summed E-state index contributed by atoms with van der Waals surface area (Å²) >= 11 is 5.85. The van der Waals surface area contributed by atoms with Crippen LogP contribution in [0.25, 0.3) is 0 Å². The predicted molar refractivity (Wildman–Crippen MR) is 71.2 cm³/mol. The smallest absolute Gasteiger partial charge is 0.257 e. The van der Waals surface area contributed by atoms with E-state index in [0.717, 1.165) is 6.42 Å². The third-order valence-electron chi connectivity index (χ3n) is 2.28. The van der Waals surface area contributed by atoms with Crippen LogP contribution >= 0.6 is 11.6 Å². The largest absolute Gasteiger partial charge is 0.484 e. The fourth-order valence-electron chi connectivity index (χ4n) is 1.32. The quantitative estimate of drug-likeness (QED) is 0.773. The number of benzene rings is 1. The van der Waals surface area contributed by atoms with Gasteiger partial charge in [0.2, 0.25) is 0 Å². The van der Waals surface area contributed by atoms with Gasteiger partial charge in [-0.05, 0) is 18.6 Å². The van der Waals surface area contributed by atoms with Crippen molar-refractivity contribution in [3.8, 4) is 11.8 Å². The van der Waals surface area contributed by atoms with Crippen molar-refractivity contribution in [3.63, 3.8) is 0 Å². The lowest BCUT2D eigenvalue weighted by molar-refractivity contribution is -0.123. The second-order valence-electron chi connectivity index (χ2n) is 3.74. The second kappa shape index (κ2) is 8.35. The van der Waals surface area contributed by atoms with Gasteiger partial charge in [0.25, 0.3) is 5.91 Å². The van der Waals surface area contributed by atoms with Gasteiger partial charge in [-0.1, -0.05) is 11.6 Å². The average molecular weight is 283 g/mol. The normalized spacial score (nSPS) is 9.74. The Kier molecular flexibility index (Phi) is 6.72. The van der Waals surface area contributed by atoms with Crippen molar-refractivity contribution in [1.82, 2.24) is 5.32 Å². The number of nitrogens with zero attached hydrogens (tertiary/aromatic N) is 1. The van der Waals surface area contributed by atoms with Gasteiger partial charge in [0.1, 0.15) is 11.8 Å². The number of hydrogen-bond acceptors (Lipinski definition) is 4. The number of methoxy groups -OCH3 is 1. The molecule has 1 aromatic carbocycles. The van der Waals surface area contributed by atoms with E-state index in [2.05, 4.69) is 5.32 Å². The van der Waals surface area contributed by atoms with Crippen LogP contribution < -0.4 is 10.1 Å². The van der Waals surface area contributed by atoms with Crippen LogP contribution in [-0.2, 0) is 9.53 Å². The summed E-state index contributed by atoms with van der Waals surface area (Å²) in [6.45, 7) is 1.06. The molecule has 0 radical (unpaired) electrons. The molecule has 5 nitrogen and oxygen atoms in total. The van der Waals surface area contributed by atoms with Crippen LogP contribution in [0.4, 0.5) is 0 Å². The molecule has 1 amide bonds. The van der Waals surface area contributed by atoms with Crippen LogP contribution in [0.5, 0.6) is 5.75 Å². The van der Waals surface area contributed by atoms with Crippen LogP contribution in [0.15, 0.2) is 18.2 Å². The molecule has 19 heavy (non-hydrogen) atoms. The van der Waals surface area contributed by atoms with Gasteiger partial charge in [0, 0.05) is 26.3 Å². The highest BCUT2D eigenvalue weighted by atomic mass is 35.5. The van der Waals surface area contributed by atoms with Crippen molar-refractivity contribution in [2.75, 3.05) is 26.9 Å². The monoisotopic (exact) mass is 282 g/mol. The molecule has 0 spiro atoms. The van der Waals surface area contributed by atoms with E-state index in [9.17, 15) is 4.79 Å². The van der Waals surface area contributed by atoms with E-state index < -0.39 is 0 Å². The van der Waals surface area contributed by atoms with Crippen LogP contribution in [0, 0.1) is 11.3 Å². The maximum absolute atomic E-state index is 11.4. The molecule has 0 aliphatic carbocycles. The standard InChI is InChI=1S/C13H15ClN2O3/c1-18-6-2-5-16-13(17)9-19-11-4-3-10(8-15)12(14)7-11/h3-4,7H,2,5-6,9H2,1H3,(H,16,17). The number of carbonyl (C=O) groups excluding carboxylic acids is 1. The Morgan fingerprint density at radius 2 is 2.32 bits per heavy atom. The van der Waals surface area contributed by atoms with Crippen molar-refractivity contribution >= 4 is 17.5 Å². The van der Waals surface area contributed by atoms with E-state index in [1.165, 1.54) is 6.07 Å². The summed E-state index contributed by atoms with van der Waals surface area (Å²) in [5, 5.41) is 11.7. The first-order valence-corrected chi connectivity index (χ1v) is 6.13. The van der Waals surface area contributed by atoms with Crippen LogP contribution in [0.3, 0.4) is 0 Å². The molecule has 0 saturated heterocycles. The minimum absolute atomic E-state index is 0.0881. The molecule has 0 heterocycles. The molecule has 0 saturated carbocycles. The van der Waals surface area contributed by atoms with Gasteiger partial charge < -0.3 is 14.8 Å². The first-order chi connectivity index (χ1) is 9.17. The van der Waals surface area contributed by atoms with E-state index in [1.807, 2.05) is 6.07 Å². The molecule has 1 N–H and O–H groups in total. The zero-order valence-electron chi connectivity index (χ0n) is 10.6. The Balaban J connectivity index is 2.34. The van der Waals surface area contributed by atoms with Gasteiger partial charge >= 0.3 is 0 Å². The summed E-state index contributed by atoms with van der Waals surface area (Å²) in [5.74, 6) is 0.243. The van der Waals surface area contributed by atoms with E-state index >= 15 is 0 Å². The third kappa shape index (κ3) is 5.60. The average Bonchev–Trinajstić information content (AvgIpc) is 2.41. The summed E-state index contributed by atoms with van der Waals surface area (Å²) in [5.41, 5.74) is 0.373. The highest BCUT2D eigenvalue weighted by Gasteiger charge is 2.05. The van der Waals surface area contributed by atoms with Crippen LogP contribution in [-0.4, -0.2) is 32.8 Å². The van der Waals surface area contributed by atoms with Gasteiger partial charge in [-0.2, -0.15) is 5.26 Å². The van der Waals surface area contributed by atoms with E-state index in [4.69, 9.17) is 26.3 Å². The van der Waals surface area contributed by atoms with Gasteiger partial charge in [0.05, 0.1) is 10.6 Å². The van der Waals surface area contributed by atoms with Crippen molar-refractivity contribution in [2.45, 2.75) is 6.42 Å². The lowest BCUT2D eigenvalue weighted by Gasteiger charge is -2.08. The molecule has 0 fully saturated rings. The molecular formula is C13H15ClN2O3. The number of nitriles is 1. The number of nitrogens with one attached hydrogen (secondary N) is 1. The highest BCUT2D eigenvalue weighted by Crippen LogP contribution is 2.21. The number of halogens is 1. The molecule has 1 rings (SSSR count). The van der Waals surface area contributed by atoms with E-state index in [1.54, 1.807) is 19.2 Å². The summed E-state index contributed by atoms with van der Waals surface area (Å²) in [6.07, 6.45) is 0.755. The summed E-state index contributed by atoms with van der Waals surface area (Å²) in [6, 6.07) is 6.61. The van der Waals surface area contributed by atoms with Gasteiger partial charge in [-0.15, -0.1) is 0 Å². The molecular weight excluding hydrogens is 268 g/mol. The topological polar surface area (TPSA) is 71.3 Å². The van der Waals surface area contributed by atoms with Crippen molar-refractivity contribution in [2.24, 2.45) is 0 Å². The van der Waals surface area contributed by atoms with Gasteiger partial charge in [-0.3, -0.25) is 4.79 Å². The molecule has 0 atom stereocenters. The Labute approximate surface area is 117 Å².